The van der Waals surface area contributed by atoms with Crippen LogP contribution < -0.4 is 5.56 Å². The second-order valence-corrected chi connectivity index (χ2v) is 5.64. The fraction of sp³-hybridized carbons (Fsp3) is 0.353. The summed E-state index contributed by atoms with van der Waals surface area (Å²) in [5.74, 6) is -0.203. The predicted octanol–water partition coefficient (Wildman–Crippen LogP) is 2.59. The molecule has 22 heavy (non-hydrogen) atoms. The highest BCUT2D eigenvalue weighted by atomic mass is 16.5. The number of aromatic nitrogens is 2. The summed E-state index contributed by atoms with van der Waals surface area (Å²) in [5.41, 5.74) is 3.91. The van der Waals surface area contributed by atoms with Crippen molar-refractivity contribution in [3.05, 3.63) is 46.0 Å². The lowest BCUT2D eigenvalue weighted by atomic mass is 9.85. The van der Waals surface area contributed by atoms with Gasteiger partial charge in [0.25, 0.3) is 5.56 Å². The largest absolute Gasteiger partial charge is 0.469 e. The summed E-state index contributed by atoms with van der Waals surface area (Å²) < 4.78 is 4.81. The highest BCUT2D eigenvalue weighted by Crippen LogP contribution is 2.33. The maximum absolute atomic E-state index is 11.9. The van der Waals surface area contributed by atoms with E-state index in [9.17, 15) is 9.59 Å². The number of H-pyrrole nitrogens is 1. The summed E-state index contributed by atoms with van der Waals surface area (Å²) in [6, 6.07) is 3.84. The number of fused-ring (bicyclic) bond motifs is 1. The lowest BCUT2D eigenvalue weighted by molar-refractivity contribution is -0.145. The van der Waals surface area contributed by atoms with E-state index in [-0.39, 0.29) is 17.4 Å². The molecule has 0 saturated heterocycles. The SMILES string of the molecule is COC(=O)C1CC=C(c2cc3c(=O)[nH]cnc3cc2C)CC1. The molecule has 114 valence electrons. The van der Waals surface area contributed by atoms with Crippen molar-refractivity contribution in [3.63, 3.8) is 0 Å². The molecule has 3 rings (SSSR count). The van der Waals surface area contributed by atoms with E-state index in [1.165, 1.54) is 19.0 Å². The first-order valence-electron chi connectivity index (χ1n) is 7.35. The number of esters is 1. The van der Waals surface area contributed by atoms with Crippen molar-refractivity contribution in [3.8, 4) is 0 Å². The number of hydrogen-bond donors (Lipinski definition) is 1. The van der Waals surface area contributed by atoms with Crippen molar-refractivity contribution in [1.29, 1.82) is 0 Å². The fourth-order valence-electron chi connectivity index (χ4n) is 3.03. The first kappa shape index (κ1) is 14.5. The van der Waals surface area contributed by atoms with E-state index < -0.39 is 0 Å². The van der Waals surface area contributed by atoms with Crippen LogP contribution in [0, 0.1) is 12.8 Å². The third kappa shape index (κ3) is 2.54. The van der Waals surface area contributed by atoms with Crippen molar-refractivity contribution in [2.24, 2.45) is 5.92 Å². The van der Waals surface area contributed by atoms with Gasteiger partial charge in [0.1, 0.15) is 0 Å². The van der Waals surface area contributed by atoms with Gasteiger partial charge in [-0.3, -0.25) is 9.59 Å². The predicted molar refractivity (Wildman–Crippen MR) is 84.4 cm³/mol. The normalized spacial score (nSPS) is 18.1. The van der Waals surface area contributed by atoms with Gasteiger partial charge < -0.3 is 9.72 Å². The Hall–Kier alpha value is -2.43. The monoisotopic (exact) mass is 298 g/mol. The molecule has 1 N–H and O–H groups in total. The Kier molecular flexibility index (Phi) is 3.79. The number of aryl methyl sites for hydroxylation is 1. The number of carbonyl (C=O) groups is 1. The average Bonchev–Trinajstić information content (AvgIpc) is 2.54. The minimum atomic E-state index is -0.147. The molecule has 1 aliphatic carbocycles. The zero-order chi connectivity index (χ0) is 15.7. The molecule has 0 radical (unpaired) electrons. The molecule has 2 aromatic rings. The number of rotatable bonds is 2. The minimum Gasteiger partial charge on any atom is -0.469 e. The number of ether oxygens (including phenoxy) is 1. The van der Waals surface area contributed by atoms with Gasteiger partial charge in [-0.15, -0.1) is 0 Å². The van der Waals surface area contributed by atoms with Crippen LogP contribution in [-0.4, -0.2) is 23.0 Å². The highest BCUT2D eigenvalue weighted by Gasteiger charge is 2.23. The average molecular weight is 298 g/mol. The Morgan fingerprint density at radius 2 is 2.23 bits per heavy atom. The molecule has 0 bridgehead atoms. The number of aromatic amines is 1. The Labute approximate surface area is 128 Å². The molecular formula is C17H18N2O3. The van der Waals surface area contributed by atoms with E-state index >= 15 is 0 Å². The summed E-state index contributed by atoms with van der Waals surface area (Å²) in [7, 11) is 1.42. The van der Waals surface area contributed by atoms with Gasteiger partial charge in [0.2, 0.25) is 0 Å². The minimum absolute atomic E-state index is 0.0559. The van der Waals surface area contributed by atoms with E-state index in [0.717, 1.165) is 24.0 Å². The molecule has 5 nitrogen and oxygen atoms in total. The fourth-order valence-corrected chi connectivity index (χ4v) is 3.03. The molecular weight excluding hydrogens is 280 g/mol. The summed E-state index contributed by atoms with van der Waals surface area (Å²) in [4.78, 5) is 30.3. The summed E-state index contributed by atoms with van der Waals surface area (Å²) >= 11 is 0. The Balaban J connectivity index is 1.99. The van der Waals surface area contributed by atoms with Crippen molar-refractivity contribution in [2.45, 2.75) is 26.2 Å². The van der Waals surface area contributed by atoms with Gasteiger partial charge in [-0.25, -0.2) is 4.98 Å². The Morgan fingerprint density at radius 1 is 1.41 bits per heavy atom. The van der Waals surface area contributed by atoms with Crippen molar-refractivity contribution >= 4 is 22.4 Å². The standard InChI is InChI=1S/C17H18N2O3/c1-10-7-15-14(16(20)19-9-18-15)8-13(10)11-3-5-12(6-4-11)17(21)22-2/h3,7-9,12H,4-6H2,1-2H3,(H,18,19,20). The van der Waals surface area contributed by atoms with Gasteiger partial charge in [-0.1, -0.05) is 6.08 Å². The summed E-state index contributed by atoms with van der Waals surface area (Å²) in [5, 5.41) is 0.596. The molecule has 1 unspecified atom stereocenters. The van der Waals surface area contributed by atoms with E-state index in [0.29, 0.717) is 17.3 Å². The zero-order valence-electron chi connectivity index (χ0n) is 12.7. The number of methoxy groups -OCH3 is 1. The number of hydrogen-bond acceptors (Lipinski definition) is 4. The lowest BCUT2D eigenvalue weighted by Gasteiger charge is -2.21. The molecule has 1 atom stereocenters. The third-order valence-electron chi connectivity index (χ3n) is 4.28. The molecule has 0 aliphatic heterocycles. The van der Waals surface area contributed by atoms with Crippen LogP contribution in [0.2, 0.25) is 0 Å². The molecule has 1 heterocycles. The van der Waals surface area contributed by atoms with Crippen LogP contribution in [0.25, 0.3) is 16.5 Å². The van der Waals surface area contributed by atoms with E-state index in [1.54, 1.807) is 0 Å². The molecule has 0 saturated carbocycles. The van der Waals surface area contributed by atoms with Crippen LogP contribution in [0.1, 0.15) is 30.4 Å². The number of allylic oxidation sites excluding steroid dienone is 2. The van der Waals surface area contributed by atoms with Crippen LogP contribution in [0.4, 0.5) is 0 Å². The van der Waals surface area contributed by atoms with Gasteiger partial charge in [0.15, 0.2) is 0 Å². The first-order chi connectivity index (χ1) is 10.6. The van der Waals surface area contributed by atoms with Crippen molar-refractivity contribution in [1.82, 2.24) is 9.97 Å². The van der Waals surface area contributed by atoms with E-state index in [2.05, 4.69) is 16.0 Å². The third-order valence-corrected chi connectivity index (χ3v) is 4.28. The second kappa shape index (κ2) is 5.75. The Bertz CT molecular complexity index is 820. The van der Waals surface area contributed by atoms with Gasteiger partial charge >= 0.3 is 5.97 Å². The lowest BCUT2D eigenvalue weighted by Crippen LogP contribution is -2.18. The van der Waals surface area contributed by atoms with Gasteiger partial charge in [-0.2, -0.15) is 0 Å². The summed E-state index contributed by atoms with van der Waals surface area (Å²) in [6.07, 6.45) is 5.78. The van der Waals surface area contributed by atoms with Crippen LogP contribution in [0.3, 0.4) is 0 Å². The quantitative estimate of drug-likeness (QED) is 0.865. The highest BCUT2D eigenvalue weighted by molar-refractivity contribution is 5.85. The molecule has 0 amide bonds. The van der Waals surface area contributed by atoms with Crippen LogP contribution in [0.5, 0.6) is 0 Å². The first-order valence-corrected chi connectivity index (χ1v) is 7.35. The maximum atomic E-state index is 11.9. The van der Waals surface area contributed by atoms with E-state index in [4.69, 9.17) is 4.74 Å². The van der Waals surface area contributed by atoms with E-state index in [1.807, 2.05) is 19.1 Å². The topological polar surface area (TPSA) is 72.1 Å². The molecule has 0 fully saturated rings. The molecule has 0 spiro atoms. The van der Waals surface area contributed by atoms with Gasteiger partial charge in [-0.05, 0) is 55.0 Å². The number of nitrogens with one attached hydrogen (secondary N) is 1. The summed E-state index contributed by atoms with van der Waals surface area (Å²) in [6.45, 7) is 2.02. The maximum Gasteiger partial charge on any atom is 0.308 e. The van der Waals surface area contributed by atoms with Crippen LogP contribution in [0.15, 0.2) is 29.3 Å². The van der Waals surface area contributed by atoms with Gasteiger partial charge in [0.05, 0.1) is 30.3 Å². The van der Waals surface area contributed by atoms with Crippen molar-refractivity contribution < 1.29 is 9.53 Å². The molecule has 1 aromatic carbocycles. The van der Waals surface area contributed by atoms with Crippen LogP contribution in [-0.2, 0) is 9.53 Å². The number of benzene rings is 1. The molecule has 5 heteroatoms. The van der Waals surface area contributed by atoms with Crippen LogP contribution >= 0.6 is 0 Å². The molecule has 1 aliphatic rings. The molecule has 1 aromatic heterocycles. The smallest absolute Gasteiger partial charge is 0.308 e. The second-order valence-electron chi connectivity index (χ2n) is 5.64. The van der Waals surface area contributed by atoms with Crippen molar-refractivity contribution in [2.75, 3.05) is 7.11 Å². The van der Waals surface area contributed by atoms with Gasteiger partial charge in [0, 0.05) is 0 Å². The zero-order valence-corrected chi connectivity index (χ0v) is 12.7. The number of carbonyl (C=O) groups excluding carboxylic acids is 1. The number of nitrogens with zero attached hydrogens (tertiary/aromatic N) is 1. The Morgan fingerprint density at radius 3 is 2.91 bits per heavy atom.